The molecule has 190 valence electrons. The van der Waals surface area contributed by atoms with Gasteiger partial charge in [-0.2, -0.15) is 9.78 Å². The van der Waals surface area contributed by atoms with Crippen LogP contribution < -0.4 is 10.3 Å². The first-order valence-corrected chi connectivity index (χ1v) is 14.8. The van der Waals surface area contributed by atoms with Gasteiger partial charge in [0.2, 0.25) is 0 Å². The van der Waals surface area contributed by atoms with Crippen LogP contribution in [0.4, 0.5) is 0 Å². The lowest BCUT2D eigenvalue weighted by Crippen LogP contribution is -2.25. The molecular weight excluding hydrogens is 685 g/mol. The topological polar surface area (TPSA) is 56.5 Å². The molecule has 37 heavy (non-hydrogen) atoms. The van der Waals surface area contributed by atoms with Gasteiger partial charge in [-0.1, -0.05) is 80.9 Å². The fraction of sp³-hybridized carbons (Fsp3) is 0.250. The number of benzene rings is 3. The van der Waals surface area contributed by atoms with Gasteiger partial charge >= 0.3 is 0 Å². The molecule has 1 fully saturated rings. The Kier molecular flexibility index (Phi) is 8.49. The molecule has 0 N–H and O–H groups in total. The largest absolute Gasteiger partial charge is 0.486 e. The molecule has 1 aliphatic carbocycles. The van der Waals surface area contributed by atoms with Gasteiger partial charge in [0.05, 0.1) is 26.6 Å². The highest BCUT2D eigenvalue weighted by molar-refractivity contribution is 9.11. The van der Waals surface area contributed by atoms with Crippen molar-refractivity contribution < 1.29 is 4.74 Å². The van der Waals surface area contributed by atoms with Crippen molar-refractivity contribution in [1.82, 2.24) is 9.66 Å². The maximum atomic E-state index is 13.4. The lowest BCUT2D eigenvalue weighted by Gasteiger charge is -2.22. The van der Waals surface area contributed by atoms with Crippen LogP contribution in [0.5, 0.6) is 5.75 Å². The van der Waals surface area contributed by atoms with E-state index >= 15 is 0 Å². The molecule has 0 saturated heterocycles. The molecule has 9 heteroatoms. The Morgan fingerprint density at radius 1 is 1.03 bits per heavy atom. The molecule has 0 spiro atoms. The second-order valence-electron chi connectivity index (χ2n) is 9.02. The fourth-order valence-corrected chi connectivity index (χ4v) is 6.73. The van der Waals surface area contributed by atoms with E-state index in [1.54, 1.807) is 18.3 Å². The zero-order valence-electron chi connectivity index (χ0n) is 19.8. The van der Waals surface area contributed by atoms with E-state index in [1.165, 1.54) is 11.1 Å². The molecule has 5 nitrogen and oxygen atoms in total. The third-order valence-electron chi connectivity index (χ3n) is 6.48. The number of aromatic nitrogens is 2. The van der Waals surface area contributed by atoms with Crippen molar-refractivity contribution in [2.45, 2.75) is 44.6 Å². The third kappa shape index (κ3) is 6.03. The van der Waals surface area contributed by atoms with Crippen LogP contribution in [0, 0.1) is 0 Å². The van der Waals surface area contributed by atoms with E-state index in [0.717, 1.165) is 51.6 Å². The minimum absolute atomic E-state index is 0.160. The summed E-state index contributed by atoms with van der Waals surface area (Å²) in [7, 11) is 0. The number of fused-ring (bicyclic) bond motifs is 1. The predicted octanol–water partition coefficient (Wildman–Crippen LogP) is 8.85. The van der Waals surface area contributed by atoms with Crippen LogP contribution >= 0.6 is 59.4 Å². The van der Waals surface area contributed by atoms with Crippen LogP contribution in [0.15, 0.2) is 77.9 Å². The minimum Gasteiger partial charge on any atom is -0.486 e. The van der Waals surface area contributed by atoms with Gasteiger partial charge in [-0.15, -0.1) is 0 Å². The molecule has 1 aromatic heterocycles. The summed E-state index contributed by atoms with van der Waals surface area (Å²) in [6.45, 7) is 0.350. The average molecular weight is 709 g/mol. The molecule has 0 atom stereocenters. The highest BCUT2D eigenvalue weighted by Crippen LogP contribution is 2.36. The number of ether oxygens (including phenoxy) is 1. The molecule has 3 aromatic carbocycles. The summed E-state index contributed by atoms with van der Waals surface area (Å²) >= 11 is 17.2. The molecule has 1 aliphatic rings. The molecule has 1 saturated carbocycles. The predicted molar refractivity (Wildman–Crippen MR) is 160 cm³/mol. The van der Waals surface area contributed by atoms with E-state index < -0.39 is 0 Å². The molecule has 1 heterocycles. The molecule has 0 radical (unpaired) electrons. The number of halogens is 4. The Morgan fingerprint density at radius 3 is 2.57 bits per heavy atom. The SMILES string of the molecule is O=c1c2ccccc2nc(C2CCCCC2)n1N=Cc1cc(Cl)c(OCc2ccc(Br)cc2Br)c(Br)c1. The fourth-order valence-electron chi connectivity index (χ4n) is 4.58. The van der Waals surface area contributed by atoms with Crippen molar-refractivity contribution in [1.29, 1.82) is 0 Å². The summed E-state index contributed by atoms with van der Waals surface area (Å²) in [4.78, 5) is 18.3. The van der Waals surface area contributed by atoms with Crippen molar-refractivity contribution >= 4 is 76.5 Å². The normalized spacial score (nSPS) is 14.5. The number of nitrogens with zero attached hydrogens (tertiary/aromatic N) is 3. The van der Waals surface area contributed by atoms with Crippen molar-refractivity contribution in [3.8, 4) is 5.75 Å². The van der Waals surface area contributed by atoms with Gasteiger partial charge in [0.15, 0.2) is 5.75 Å². The van der Waals surface area contributed by atoms with E-state index in [1.807, 2.05) is 42.5 Å². The Hall–Kier alpha value is -2.00. The molecule has 5 rings (SSSR count). The zero-order chi connectivity index (χ0) is 25.9. The van der Waals surface area contributed by atoms with Gasteiger partial charge in [-0.25, -0.2) is 4.98 Å². The van der Waals surface area contributed by atoms with Gasteiger partial charge in [-0.05, 0) is 70.7 Å². The first-order valence-electron chi connectivity index (χ1n) is 12.0. The van der Waals surface area contributed by atoms with Gasteiger partial charge in [-0.3, -0.25) is 4.79 Å². The highest BCUT2D eigenvalue weighted by Gasteiger charge is 2.22. The van der Waals surface area contributed by atoms with Crippen molar-refractivity contribution in [3.63, 3.8) is 0 Å². The standard InChI is InChI=1S/C28H23Br3ClN3O2/c29-20-11-10-19(22(30)14-20)16-37-26-23(31)12-17(13-24(26)32)15-33-35-27(18-6-2-1-3-7-18)34-25-9-5-4-8-21(25)28(35)36/h4-5,8-15,18H,1-3,6-7,16H2. The third-order valence-corrected chi connectivity index (χ3v) is 8.58. The van der Waals surface area contributed by atoms with Crippen LogP contribution in [-0.4, -0.2) is 15.9 Å². The van der Waals surface area contributed by atoms with Crippen molar-refractivity contribution in [2.75, 3.05) is 0 Å². The lowest BCUT2D eigenvalue weighted by atomic mass is 9.88. The minimum atomic E-state index is -0.160. The van der Waals surface area contributed by atoms with E-state index in [-0.39, 0.29) is 11.5 Å². The Labute approximate surface area is 245 Å². The lowest BCUT2D eigenvalue weighted by molar-refractivity contribution is 0.303. The maximum absolute atomic E-state index is 13.4. The number of rotatable bonds is 6. The number of hydrogen-bond donors (Lipinski definition) is 0. The molecule has 0 bridgehead atoms. The van der Waals surface area contributed by atoms with E-state index in [2.05, 4.69) is 52.9 Å². The molecule has 0 aliphatic heterocycles. The summed E-state index contributed by atoms with van der Waals surface area (Å²) < 4.78 is 10.1. The van der Waals surface area contributed by atoms with Crippen LogP contribution in [0.25, 0.3) is 10.9 Å². The summed E-state index contributed by atoms with van der Waals surface area (Å²) in [5.74, 6) is 1.48. The summed E-state index contributed by atoms with van der Waals surface area (Å²) in [6, 6.07) is 17.0. The van der Waals surface area contributed by atoms with Gasteiger partial charge in [0, 0.05) is 20.4 Å². The Morgan fingerprint density at radius 2 is 1.81 bits per heavy atom. The summed E-state index contributed by atoms with van der Waals surface area (Å²) in [6.07, 6.45) is 7.17. The van der Waals surface area contributed by atoms with Crippen LogP contribution in [0.3, 0.4) is 0 Å². The summed E-state index contributed by atoms with van der Waals surface area (Å²) in [5.41, 5.74) is 2.29. The quantitative estimate of drug-likeness (QED) is 0.188. The van der Waals surface area contributed by atoms with Gasteiger partial charge < -0.3 is 4.74 Å². The molecule has 0 amide bonds. The second kappa shape index (κ2) is 11.8. The molecular formula is C28H23Br3ClN3O2. The van der Waals surface area contributed by atoms with E-state index in [0.29, 0.717) is 32.8 Å². The first-order chi connectivity index (χ1) is 17.9. The average Bonchev–Trinajstić information content (AvgIpc) is 2.89. The van der Waals surface area contributed by atoms with Crippen molar-refractivity contribution in [2.24, 2.45) is 5.10 Å². The summed E-state index contributed by atoms with van der Waals surface area (Å²) in [5, 5.41) is 5.61. The highest BCUT2D eigenvalue weighted by atomic mass is 79.9. The van der Waals surface area contributed by atoms with Gasteiger partial charge in [0.1, 0.15) is 12.4 Å². The van der Waals surface area contributed by atoms with E-state index in [9.17, 15) is 4.79 Å². The zero-order valence-corrected chi connectivity index (χ0v) is 25.3. The maximum Gasteiger partial charge on any atom is 0.282 e. The Balaban J connectivity index is 1.45. The Bertz CT molecular complexity index is 1520. The van der Waals surface area contributed by atoms with Crippen LogP contribution in [-0.2, 0) is 6.61 Å². The molecule has 4 aromatic rings. The number of hydrogen-bond acceptors (Lipinski definition) is 4. The van der Waals surface area contributed by atoms with Crippen LogP contribution in [0.2, 0.25) is 5.02 Å². The van der Waals surface area contributed by atoms with Crippen LogP contribution in [0.1, 0.15) is 55.0 Å². The smallest absolute Gasteiger partial charge is 0.282 e. The second-order valence-corrected chi connectivity index (χ2v) is 12.1. The van der Waals surface area contributed by atoms with Gasteiger partial charge in [0.25, 0.3) is 5.56 Å². The van der Waals surface area contributed by atoms with E-state index in [4.69, 9.17) is 21.3 Å². The first kappa shape index (κ1) is 26.6. The molecule has 0 unspecified atom stereocenters. The van der Waals surface area contributed by atoms with Crippen molar-refractivity contribution in [3.05, 3.63) is 100 Å². The number of para-hydroxylation sites is 1. The monoisotopic (exact) mass is 705 g/mol.